The van der Waals surface area contributed by atoms with Crippen LogP contribution in [0.5, 0.6) is 0 Å². The molecule has 0 amide bonds. The van der Waals surface area contributed by atoms with Crippen molar-refractivity contribution in [3.05, 3.63) is 10.6 Å². The predicted octanol–water partition coefficient (Wildman–Crippen LogP) is 3.32. The third-order valence-corrected chi connectivity index (χ3v) is 5.58. The first-order valence-electron chi connectivity index (χ1n) is 7.04. The van der Waals surface area contributed by atoms with Gasteiger partial charge in [0, 0.05) is 24.5 Å². The van der Waals surface area contributed by atoms with Gasteiger partial charge in [-0.25, -0.2) is 4.98 Å². The Morgan fingerprint density at radius 1 is 1.33 bits per heavy atom. The third kappa shape index (κ3) is 2.86. The summed E-state index contributed by atoms with van der Waals surface area (Å²) in [5, 5.41) is 1.15. The number of rotatable bonds is 4. The fourth-order valence-corrected chi connectivity index (χ4v) is 3.82. The summed E-state index contributed by atoms with van der Waals surface area (Å²) in [6.07, 6.45) is 6.71. The molecule has 2 N–H and O–H groups in total. The summed E-state index contributed by atoms with van der Waals surface area (Å²) in [6, 6.07) is 0.670. The monoisotopic (exact) mass is 267 g/mol. The Kier molecular flexibility index (Phi) is 4.62. The highest BCUT2D eigenvalue weighted by Gasteiger charge is 2.24. The lowest BCUT2D eigenvalue weighted by Crippen LogP contribution is -2.35. The summed E-state index contributed by atoms with van der Waals surface area (Å²) in [5.41, 5.74) is 6.83. The van der Waals surface area contributed by atoms with Gasteiger partial charge in [0.1, 0.15) is 0 Å². The van der Waals surface area contributed by atoms with Crippen molar-refractivity contribution in [1.82, 2.24) is 4.98 Å². The van der Waals surface area contributed by atoms with Gasteiger partial charge in [-0.2, -0.15) is 0 Å². The van der Waals surface area contributed by atoms with Crippen molar-refractivity contribution in [2.45, 2.75) is 58.5 Å². The molecule has 1 fully saturated rings. The number of nitrogens with zero attached hydrogens (tertiary/aromatic N) is 2. The van der Waals surface area contributed by atoms with Crippen molar-refractivity contribution < 1.29 is 0 Å². The van der Waals surface area contributed by atoms with Crippen molar-refractivity contribution in [3.63, 3.8) is 0 Å². The molecule has 0 aliphatic heterocycles. The van der Waals surface area contributed by atoms with Gasteiger partial charge < -0.3 is 10.6 Å². The van der Waals surface area contributed by atoms with E-state index in [0.717, 1.165) is 16.7 Å². The van der Waals surface area contributed by atoms with Gasteiger partial charge in [-0.05, 0) is 38.5 Å². The first-order valence-corrected chi connectivity index (χ1v) is 7.86. The standard InChI is InChI=1S/C14H25N3S/c1-4-11-5-7-12(8-6-11)17(3)14-16-10(2)13(9-15)18-14/h11-12H,4-9,15H2,1-3H3. The predicted molar refractivity (Wildman–Crippen MR) is 79.2 cm³/mol. The maximum absolute atomic E-state index is 5.73. The molecule has 1 aromatic heterocycles. The number of aryl methyl sites for hydroxylation is 1. The average molecular weight is 267 g/mol. The largest absolute Gasteiger partial charge is 0.348 e. The van der Waals surface area contributed by atoms with E-state index >= 15 is 0 Å². The SMILES string of the molecule is CCC1CCC(N(C)c2nc(C)c(CN)s2)CC1. The fourth-order valence-electron chi connectivity index (χ4n) is 2.85. The Labute approximate surface area is 114 Å². The first-order chi connectivity index (χ1) is 8.65. The van der Waals surface area contributed by atoms with Gasteiger partial charge in [-0.15, -0.1) is 11.3 Å². The normalized spacial score (nSPS) is 24.2. The summed E-state index contributed by atoms with van der Waals surface area (Å²) in [5.74, 6) is 0.951. The van der Waals surface area contributed by atoms with Crippen molar-refractivity contribution >= 4 is 16.5 Å². The molecular weight excluding hydrogens is 242 g/mol. The maximum atomic E-state index is 5.73. The smallest absolute Gasteiger partial charge is 0.185 e. The Balaban J connectivity index is 2.00. The zero-order valence-corrected chi connectivity index (χ0v) is 12.6. The Bertz CT molecular complexity index is 380. The molecule has 2 rings (SSSR count). The lowest BCUT2D eigenvalue weighted by atomic mass is 9.84. The zero-order valence-electron chi connectivity index (χ0n) is 11.8. The Morgan fingerprint density at radius 2 is 2.00 bits per heavy atom. The molecule has 0 saturated heterocycles. The van der Waals surface area contributed by atoms with Crippen LogP contribution in [0.4, 0.5) is 5.13 Å². The van der Waals surface area contributed by atoms with Gasteiger partial charge in [-0.1, -0.05) is 13.3 Å². The van der Waals surface area contributed by atoms with E-state index in [4.69, 9.17) is 5.73 Å². The second-order valence-corrected chi connectivity index (χ2v) is 6.46. The van der Waals surface area contributed by atoms with E-state index in [1.54, 1.807) is 11.3 Å². The van der Waals surface area contributed by atoms with E-state index in [1.807, 2.05) is 0 Å². The summed E-state index contributed by atoms with van der Waals surface area (Å²) in [4.78, 5) is 8.26. The molecule has 0 unspecified atom stereocenters. The molecular formula is C14H25N3S. The highest BCUT2D eigenvalue weighted by molar-refractivity contribution is 7.15. The minimum Gasteiger partial charge on any atom is -0.348 e. The second kappa shape index (κ2) is 6.02. The van der Waals surface area contributed by atoms with Gasteiger partial charge in [-0.3, -0.25) is 0 Å². The summed E-state index contributed by atoms with van der Waals surface area (Å²) in [6.45, 7) is 4.98. The van der Waals surface area contributed by atoms with E-state index in [0.29, 0.717) is 12.6 Å². The van der Waals surface area contributed by atoms with Crippen LogP contribution in [0.1, 0.15) is 49.6 Å². The van der Waals surface area contributed by atoms with Crippen LogP contribution in [0.25, 0.3) is 0 Å². The average Bonchev–Trinajstić information content (AvgIpc) is 2.79. The molecule has 4 heteroatoms. The number of thiazole rings is 1. The molecule has 0 bridgehead atoms. The molecule has 0 atom stereocenters. The molecule has 102 valence electrons. The minimum absolute atomic E-state index is 0.611. The fraction of sp³-hybridized carbons (Fsp3) is 0.786. The molecule has 18 heavy (non-hydrogen) atoms. The molecule has 1 aliphatic carbocycles. The number of anilines is 1. The number of nitrogens with two attached hydrogens (primary N) is 1. The molecule has 0 spiro atoms. The van der Waals surface area contributed by atoms with E-state index in [-0.39, 0.29) is 0 Å². The van der Waals surface area contributed by atoms with E-state index in [1.165, 1.54) is 37.0 Å². The van der Waals surface area contributed by atoms with Crippen molar-refractivity contribution in [3.8, 4) is 0 Å². The van der Waals surface area contributed by atoms with Gasteiger partial charge in [0.15, 0.2) is 5.13 Å². The number of aromatic nitrogens is 1. The topological polar surface area (TPSA) is 42.2 Å². The van der Waals surface area contributed by atoms with Crippen LogP contribution in [-0.4, -0.2) is 18.1 Å². The number of hydrogen-bond acceptors (Lipinski definition) is 4. The van der Waals surface area contributed by atoms with Crippen molar-refractivity contribution in [2.75, 3.05) is 11.9 Å². The summed E-state index contributed by atoms with van der Waals surface area (Å²) >= 11 is 1.76. The van der Waals surface area contributed by atoms with Crippen LogP contribution in [0.3, 0.4) is 0 Å². The molecule has 0 radical (unpaired) electrons. The minimum atomic E-state index is 0.611. The molecule has 1 saturated carbocycles. The van der Waals surface area contributed by atoms with Gasteiger partial charge in [0.25, 0.3) is 0 Å². The van der Waals surface area contributed by atoms with Crippen molar-refractivity contribution in [1.29, 1.82) is 0 Å². The van der Waals surface area contributed by atoms with Crippen LogP contribution in [-0.2, 0) is 6.54 Å². The molecule has 1 aliphatic rings. The quantitative estimate of drug-likeness (QED) is 0.910. The van der Waals surface area contributed by atoms with E-state index in [2.05, 4.69) is 30.8 Å². The van der Waals surface area contributed by atoms with Crippen LogP contribution in [0.2, 0.25) is 0 Å². The van der Waals surface area contributed by atoms with Crippen molar-refractivity contribution in [2.24, 2.45) is 11.7 Å². The van der Waals surface area contributed by atoms with Gasteiger partial charge in [0.2, 0.25) is 0 Å². The van der Waals surface area contributed by atoms with Gasteiger partial charge in [0.05, 0.1) is 5.69 Å². The lowest BCUT2D eigenvalue weighted by molar-refractivity contribution is 0.313. The highest BCUT2D eigenvalue weighted by Crippen LogP contribution is 2.33. The van der Waals surface area contributed by atoms with Crippen LogP contribution >= 0.6 is 11.3 Å². The van der Waals surface area contributed by atoms with Gasteiger partial charge >= 0.3 is 0 Å². The van der Waals surface area contributed by atoms with Crippen LogP contribution in [0.15, 0.2) is 0 Å². The molecule has 1 aromatic rings. The zero-order chi connectivity index (χ0) is 13.1. The highest BCUT2D eigenvalue weighted by atomic mass is 32.1. The lowest BCUT2D eigenvalue weighted by Gasteiger charge is -2.34. The Morgan fingerprint density at radius 3 is 2.50 bits per heavy atom. The second-order valence-electron chi connectivity index (χ2n) is 5.40. The third-order valence-electron chi connectivity index (χ3n) is 4.31. The van der Waals surface area contributed by atoms with E-state index < -0.39 is 0 Å². The molecule has 1 heterocycles. The molecule has 3 nitrogen and oxygen atoms in total. The Hall–Kier alpha value is -0.610. The first kappa shape index (κ1) is 13.8. The molecule has 0 aromatic carbocycles. The summed E-state index contributed by atoms with van der Waals surface area (Å²) < 4.78 is 0. The van der Waals surface area contributed by atoms with Crippen LogP contribution < -0.4 is 10.6 Å². The number of hydrogen-bond donors (Lipinski definition) is 1. The van der Waals surface area contributed by atoms with E-state index in [9.17, 15) is 0 Å². The maximum Gasteiger partial charge on any atom is 0.185 e. The summed E-state index contributed by atoms with van der Waals surface area (Å²) in [7, 11) is 2.19. The van der Waals surface area contributed by atoms with Crippen LogP contribution in [0, 0.1) is 12.8 Å².